The quantitative estimate of drug-likeness (QED) is 0.729. The standard InChI is InChI=1S/C18H27N3OS.2ClH/c1-14-10-16(13-21-6-8-23-9-7-21)4-5-17(14)20-18(22)12-19-11-15-2-3-15;;/h4-5,10,15,19H,2-3,6-9,11-13H2,1H3,(H,20,22);2*1H. The summed E-state index contributed by atoms with van der Waals surface area (Å²) in [6.45, 7) is 6.81. The highest BCUT2D eigenvalue weighted by Crippen LogP contribution is 2.27. The maximum absolute atomic E-state index is 12.0. The summed E-state index contributed by atoms with van der Waals surface area (Å²) >= 11 is 2.04. The second kappa shape index (κ2) is 11.3. The number of hydrogen-bond donors (Lipinski definition) is 2. The van der Waals surface area contributed by atoms with Crippen LogP contribution in [0.1, 0.15) is 24.0 Å². The van der Waals surface area contributed by atoms with E-state index in [4.69, 9.17) is 0 Å². The van der Waals surface area contributed by atoms with Gasteiger partial charge in [-0.05, 0) is 49.4 Å². The Balaban J connectivity index is 0.00000156. The third-order valence-electron chi connectivity index (χ3n) is 4.49. The lowest BCUT2D eigenvalue weighted by atomic mass is 10.1. The molecule has 1 saturated carbocycles. The number of halogens is 2. The zero-order chi connectivity index (χ0) is 16.1. The third-order valence-corrected chi connectivity index (χ3v) is 5.43. The van der Waals surface area contributed by atoms with Crippen molar-refractivity contribution in [2.24, 2.45) is 5.92 Å². The molecular weight excluding hydrogens is 377 g/mol. The fourth-order valence-electron chi connectivity index (χ4n) is 2.89. The fraction of sp³-hybridized carbons (Fsp3) is 0.611. The van der Waals surface area contributed by atoms with Crippen LogP contribution in [0.2, 0.25) is 0 Å². The second-order valence-electron chi connectivity index (χ2n) is 6.66. The molecule has 0 atom stereocenters. The molecule has 1 aliphatic carbocycles. The van der Waals surface area contributed by atoms with Gasteiger partial charge in [-0.2, -0.15) is 11.8 Å². The largest absolute Gasteiger partial charge is 0.325 e. The van der Waals surface area contributed by atoms with E-state index >= 15 is 0 Å². The summed E-state index contributed by atoms with van der Waals surface area (Å²) in [7, 11) is 0. The van der Waals surface area contributed by atoms with Crippen molar-refractivity contribution in [2.75, 3.05) is 43.0 Å². The van der Waals surface area contributed by atoms with Gasteiger partial charge in [0.25, 0.3) is 0 Å². The van der Waals surface area contributed by atoms with Crippen molar-refractivity contribution < 1.29 is 4.79 Å². The smallest absolute Gasteiger partial charge is 0.238 e. The van der Waals surface area contributed by atoms with Gasteiger partial charge >= 0.3 is 0 Å². The summed E-state index contributed by atoms with van der Waals surface area (Å²) in [5, 5.41) is 6.25. The van der Waals surface area contributed by atoms with E-state index in [1.54, 1.807) is 0 Å². The Labute approximate surface area is 167 Å². The van der Waals surface area contributed by atoms with E-state index in [-0.39, 0.29) is 30.7 Å². The molecule has 0 aromatic heterocycles. The van der Waals surface area contributed by atoms with Crippen molar-refractivity contribution >= 4 is 48.2 Å². The molecule has 1 heterocycles. The van der Waals surface area contributed by atoms with E-state index in [2.05, 4.69) is 34.6 Å². The molecule has 1 aliphatic heterocycles. The highest BCUT2D eigenvalue weighted by Gasteiger charge is 2.20. The van der Waals surface area contributed by atoms with Gasteiger partial charge < -0.3 is 10.6 Å². The van der Waals surface area contributed by atoms with Crippen LogP contribution in [-0.2, 0) is 11.3 Å². The molecule has 1 aromatic carbocycles. The molecule has 0 bridgehead atoms. The number of nitrogens with zero attached hydrogens (tertiary/aromatic N) is 1. The highest BCUT2D eigenvalue weighted by molar-refractivity contribution is 7.99. The minimum Gasteiger partial charge on any atom is -0.325 e. The lowest BCUT2D eigenvalue weighted by molar-refractivity contribution is -0.115. The third kappa shape index (κ3) is 7.75. The lowest BCUT2D eigenvalue weighted by Gasteiger charge is -2.26. The van der Waals surface area contributed by atoms with Crippen LogP contribution in [0.25, 0.3) is 0 Å². The molecule has 1 aromatic rings. The molecule has 0 spiro atoms. The zero-order valence-electron chi connectivity index (χ0n) is 14.8. The molecular formula is C18H29Cl2N3OS. The van der Waals surface area contributed by atoms with Crippen molar-refractivity contribution in [3.8, 4) is 0 Å². The van der Waals surface area contributed by atoms with Crippen molar-refractivity contribution in [3.63, 3.8) is 0 Å². The monoisotopic (exact) mass is 405 g/mol. The molecule has 3 rings (SSSR count). The molecule has 2 fully saturated rings. The number of amides is 1. The first-order chi connectivity index (χ1) is 11.2. The van der Waals surface area contributed by atoms with Gasteiger partial charge in [0.15, 0.2) is 0 Å². The molecule has 7 heteroatoms. The normalized spacial score (nSPS) is 17.3. The number of thioether (sulfide) groups is 1. The first kappa shape index (κ1) is 22.6. The van der Waals surface area contributed by atoms with E-state index < -0.39 is 0 Å². The Kier molecular flexibility index (Phi) is 10.2. The number of aryl methyl sites for hydroxylation is 1. The topological polar surface area (TPSA) is 44.4 Å². The van der Waals surface area contributed by atoms with Crippen LogP contribution in [0.4, 0.5) is 5.69 Å². The first-order valence-electron chi connectivity index (χ1n) is 8.61. The number of rotatable bonds is 7. The summed E-state index contributed by atoms with van der Waals surface area (Å²) in [4.78, 5) is 14.5. The molecule has 0 radical (unpaired) electrons. The van der Waals surface area contributed by atoms with E-state index in [1.165, 1.54) is 43.0 Å². The number of benzene rings is 1. The number of anilines is 1. The SMILES string of the molecule is Cc1cc(CN2CCSCC2)ccc1NC(=O)CNCC1CC1.Cl.Cl. The molecule has 1 amide bonds. The average Bonchev–Trinajstić information content (AvgIpc) is 3.35. The Hall–Kier alpha value is -0.460. The van der Waals surface area contributed by atoms with Crippen molar-refractivity contribution in [1.29, 1.82) is 0 Å². The van der Waals surface area contributed by atoms with Crippen LogP contribution in [0.3, 0.4) is 0 Å². The minimum atomic E-state index is 0. The highest BCUT2D eigenvalue weighted by atomic mass is 35.5. The van der Waals surface area contributed by atoms with Crippen LogP contribution in [0.5, 0.6) is 0 Å². The molecule has 1 saturated heterocycles. The number of hydrogen-bond acceptors (Lipinski definition) is 4. The minimum absolute atomic E-state index is 0. The Morgan fingerprint density at radius 3 is 2.60 bits per heavy atom. The van der Waals surface area contributed by atoms with Crippen LogP contribution in [0, 0.1) is 12.8 Å². The Morgan fingerprint density at radius 2 is 1.96 bits per heavy atom. The predicted molar refractivity (Wildman–Crippen MR) is 113 cm³/mol. The molecule has 4 nitrogen and oxygen atoms in total. The summed E-state index contributed by atoms with van der Waals surface area (Å²) in [6.07, 6.45) is 2.62. The predicted octanol–water partition coefficient (Wildman–Crippen LogP) is 3.33. The van der Waals surface area contributed by atoms with Gasteiger partial charge in [-0.25, -0.2) is 0 Å². The van der Waals surface area contributed by atoms with Gasteiger partial charge in [0.1, 0.15) is 0 Å². The number of nitrogens with one attached hydrogen (secondary N) is 2. The van der Waals surface area contributed by atoms with Gasteiger partial charge in [-0.15, -0.1) is 24.8 Å². The molecule has 2 aliphatic rings. The summed E-state index contributed by atoms with van der Waals surface area (Å²) in [6, 6.07) is 6.39. The van der Waals surface area contributed by atoms with Crippen molar-refractivity contribution in [1.82, 2.24) is 10.2 Å². The summed E-state index contributed by atoms with van der Waals surface area (Å²) in [5.74, 6) is 3.33. The molecule has 142 valence electrons. The lowest BCUT2D eigenvalue weighted by Crippen LogP contribution is -2.32. The zero-order valence-corrected chi connectivity index (χ0v) is 17.2. The molecule has 25 heavy (non-hydrogen) atoms. The van der Waals surface area contributed by atoms with Gasteiger partial charge in [0.05, 0.1) is 6.54 Å². The van der Waals surface area contributed by atoms with Gasteiger partial charge in [-0.1, -0.05) is 12.1 Å². The van der Waals surface area contributed by atoms with Gasteiger partial charge in [0.2, 0.25) is 5.91 Å². The van der Waals surface area contributed by atoms with E-state index in [0.717, 1.165) is 30.3 Å². The van der Waals surface area contributed by atoms with E-state index in [0.29, 0.717) is 6.54 Å². The van der Waals surface area contributed by atoms with Gasteiger partial charge in [-0.3, -0.25) is 9.69 Å². The molecule has 0 unspecified atom stereocenters. The van der Waals surface area contributed by atoms with Crippen molar-refractivity contribution in [2.45, 2.75) is 26.3 Å². The average molecular weight is 406 g/mol. The van der Waals surface area contributed by atoms with Crippen molar-refractivity contribution in [3.05, 3.63) is 29.3 Å². The number of carbonyl (C=O) groups excluding carboxylic acids is 1. The summed E-state index contributed by atoms with van der Waals surface area (Å²) in [5.41, 5.74) is 3.41. The van der Waals surface area contributed by atoms with Crippen LogP contribution in [0.15, 0.2) is 18.2 Å². The van der Waals surface area contributed by atoms with Crippen LogP contribution < -0.4 is 10.6 Å². The fourth-order valence-corrected chi connectivity index (χ4v) is 3.87. The maximum atomic E-state index is 12.0. The number of carbonyl (C=O) groups is 1. The second-order valence-corrected chi connectivity index (χ2v) is 7.88. The summed E-state index contributed by atoms with van der Waals surface area (Å²) < 4.78 is 0. The molecule has 2 N–H and O–H groups in total. The van der Waals surface area contributed by atoms with Crippen LogP contribution >= 0.6 is 36.6 Å². The maximum Gasteiger partial charge on any atom is 0.238 e. The first-order valence-corrected chi connectivity index (χ1v) is 9.76. The van der Waals surface area contributed by atoms with E-state index in [1.807, 2.05) is 17.8 Å². The Bertz CT molecular complexity index is 549. The Morgan fingerprint density at radius 1 is 1.24 bits per heavy atom. The van der Waals surface area contributed by atoms with Crippen LogP contribution in [-0.4, -0.2) is 48.5 Å². The van der Waals surface area contributed by atoms with E-state index in [9.17, 15) is 4.79 Å². The van der Waals surface area contributed by atoms with Gasteiger partial charge in [0, 0.05) is 36.8 Å².